The van der Waals surface area contributed by atoms with Gasteiger partial charge in [-0.3, -0.25) is 4.79 Å². The second-order valence-electron chi connectivity index (χ2n) is 5.11. The van der Waals surface area contributed by atoms with Crippen LogP contribution in [0.25, 0.3) is 0 Å². The predicted octanol–water partition coefficient (Wildman–Crippen LogP) is 2.36. The first-order valence-corrected chi connectivity index (χ1v) is 6.54. The van der Waals surface area contributed by atoms with Crippen LogP contribution in [0, 0.1) is 5.92 Å². The van der Waals surface area contributed by atoms with E-state index in [4.69, 9.17) is 11.5 Å². The number of amides is 1. The largest absolute Gasteiger partial charge is 0.397 e. The predicted molar refractivity (Wildman–Crippen MR) is 74.4 cm³/mol. The Morgan fingerprint density at radius 3 is 2.67 bits per heavy atom. The Hall–Kier alpha value is -1.71. The van der Waals surface area contributed by atoms with E-state index in [1.807, 2.05) is 0 Å². The first-order chi connectivity index (χ1) is 8.59. The molecule has 1 aromatic carbocycles. The van der Waals surface area contributed by atoms with Gasteiger partial charge in [-0.05, 0) is 37.8 Å². The van der Waals surface area contributed by atoms with Gasteiger partial charge in [0.15, 0.2) is 0 Å². The van der Waals surface area contributed by atoms with Crippen molar-refractivity contribution in [1.82, 2.24) is 0 Å². The van der Waals surface area contributed by atoms with Gasteiger partial charge < -0.3 is 16.8 Å². The van der Waals surface area contributed by atoms with Gasteiger partial charge >= 0.3 is 0 Å². The SMILES string of the molecule is CC(Nc1c(N)cccc1C(N)=O)C1CCCC1. The van der Waals surface area contributed by atoms with E-state index in [1.165, 1.54) is 25.7 Å². The van der Waals surface area contributed by atoms with Gasteiger partial charge in [-0.15, -0.1) is 0 Å². The minimum atomic E-state index is -0.441. The Morgan fingerprint density at radius 1 is 1.39 bits per heavy atom. The average Bonchev–Trinajstić information content (AvgIpc) is 2.85. The van der Waals surface area contributed by atoms with Crippen LogP contribution in [0.3, 0.4) is 0 Å². The summed E-state index contributed by atoms with van der Waals surface area (Å²) in [5, 5.41) is 3.38. The molecule has 1 aliphatic rings. The number of hydrogen-bond acceptors (Lipinski definition) is 3. The Bertz CT molecular complexity index is 439. The molecule has 1 saturated carbocycles. The molecule has 0 aliphatic heterocycles. The van der Waals surface area contributed by atoms with Gasteiger partial charge in [-0.25, -0.2) is 0 Å². The second kappa shape index (κ2) is 5.29. The number of anilines is 2. The smallest absolute Gasteiger partial charge is 0.250 e. The molecule has 1 aromatic rings. The van der Waals surface area contributed by atoms with Crippen molar-refractivity contribution in [3.63, 3.8) is 0 Å². The van der Waals surface area contributed by atoms with Crippen LogP contribution in [0.1, 0.15) is 43.0 Å². The molecule has 0 bridgehead atoms. The van der Waals surface area contributed by atoms with Crippen LogP contribution in [0.5, 0.6) is 0 Å². The summed E-state index contributed by atoms with van der Waals surface area (Å²) >= 11 is 0. The van der Waals surface area contributed by atoms with Crippen LogP contribution in [0.4, 0.5) is 11.4 Å². The number of carbonyl (C=O) groups excluding carboxylic acids is 1. The molecule has 5 N–H and O–H groups in total. The normalized spacial score (nSPS) is 17.6. The van der Waals surface area contributed by atoms with Crippen molar-refractivity contribution in [2.45, 2.75) is 38.6 Å². The molecule has 1 amide bonds. The van der Waals surface area contributed by atoms with Gasteiger partial charge in [0.25, 0.3) is 5.91 Å². The number of nitrogens with two attached hydrogens (primary N) is 2. The molecule has 0 heterocycles. The highest BCUT2D eigenvalue weighted by Gasteiger charge is 2.23. The lowest BCUT2D eigenvalue weighted by Gasteiger charge is -2.23. The third-order valence-electron chi connectivity index (χ3n) is 3.84. The zero-order chi connectivity index (χ0) is 13.1. The Kier molecular flexibility index (Phi) is 3.75. The zero-order valence-corrected chi connectivity index (χ0v) is 10.8. The fourth-order valence-electron chi connectivity index (χ4n) is 2.74. The first kappa shape index (κ1) is 12.7. The van der Waals surface area contributed by atoms with Crippen LogP contribution in [0.15, 0.2) is 18.2 Å². The summed E-state index contributed by atoms with van der Waals surface area (Å²) in [6.45, 7) is 2.15. The number of rotatable bonds is 4. The van der Waals surface area contributed by atoms with Crippen LogP contribution < -0.4 is 16.8 Å². The quantitative estimate of drug-likeness (QED) is 0.714. The number of hydrogen-bond donors (Lipinski definition) is 3. The Balaban J connectivity index is 2.19. The highest BCUT2D eigenvalue weighted by molar-refractivity contribution is 6.01. The Labute approximate surface area is 108 Å². The van der Waals surface area contributed by atoms with Crippen molar-refractivity contribution < 1.29 is 4.79 Å². The van der Waals surface area contributed by atoms with Crippen LogP contribution in [-0.2, 0) is 0 Å². The Morgan fingerprint density at radius 2 is 2.06 bits per heavy atom. The van der Waals surface area contributed by atoms with Gasteiger partial charge in [0, 0.05) is 6.04 Å². The van der Waals surface area contributed by atoms with Gasteiger partial charge in [0.1, 0.15) is 0 Å². The monoisotopic (exact) mass is 247 g/mol. The van der Waals surface area contributed by atoms with Crippen molar-refractivity contribution in [2.24, 2.45) is 11.7 Å². The summed E-state index contributed by atoms with van der Waals surface area (Å²) in [6, 6.07) is 5.56. The first-order valence-electron chi connectivity index (χ1n) is 6.54. The topological polar surface area (TPSA) is 81.1 Å². The van der Waals surface area contributed by atoms with E-state index in [2.05, 4.69) is 12.2 Å². The van der Waals surface area contributed by atoms with Crippen molar-refractivity contribution in [1.29, 1.82) is 0 Å². The number of para-hydroxylation sites is 1. The van der Waals surface area contributed by atoms with E-state index in [-0.39, 0.29) is 0 Å². The molecule has 1 fully saturated rings. The summed E-state index contributed by atoms with van der Waals surface area (Å²) in [4.78, 5) is 11.4. The summed E-state index contributed by atoms with van der Waals surface area (Å²) in [7, 11) is 0. The molecule has 4 heteroatoms. The van der Waals surface area contributed by atoms with Crippen LogP contribution in [-0.4, -0.2) is 11.9 Å². The van der Waals surface area contributed by atoms with E-state index in [0.717, 1.165) is 0 Å². The van der Waals surface area contributed by atoms with Gasteiger partial charge in [-0.2, -0.15) is 0 Å². The van der Waals surface area contributed by atoms with Crippen molar-refractivity contribution >= 4 is 17.3 Å². The molecule has 98 valence electrons. The minimum absolute atomic E-state index is 0.315. The summed E-state index contributed by atoms with van der Waals surface area (Å²) in [5.41, 5.74) is 13.1. The van der Waals surface area contributed by atoms with E-state index in [0.29, 0.717) is 28.9 Å². The molecule has 18 heavy (non-hydrogen) atoms. The number of nitrogen functional groups attached to an aromatic ring is 1. The number of nitrogens with one attached hydrogen (secondary N) is 1. The fraction of sp³-hybridized carbons (Fsp3) is 0.500. The van der Waals surface area contributed by atoms with E-state index in [9.17, 15) is 4.79 Å². The van der Waals surface area contributed by atoms with Gasteiger partial charge in [0.05, 0.1) is 16.9 Å². The summed E-state index contributed by atoms with van der Waals surface area (Å²) < 4.78 is 0. The molecule has 0 aromatic heterocycles. The van der Waals surface area contributed by atoms with Crippen molar-refractivity contribution in [3.05, 3.63) is 23.8 Å². The maximum absolute atomic E-state index is 11.4. The third-order valence-corrected chi connectivity index (χ3v) is 3.84. The molecule has 0 radical (unpaired) electrons. The third kappa shape index (κ3) is 2.58. The fourth-order valence-corrected chi connectivity index (χ4v) is 2.74. The molecule has 4 nitrogen and oxygen atoms in total. The number of primary amides is 1. The lowest BCUT2D eigenvalue weighted by molar-refractivity contribution is 0.100. The number of benzene rings is 1. The molecule has 2 rings (SSSR count). The van der Waals surface area contributed by atoms with Gasteiger partial charge in [-0.1, -0.05) is 18.9 Å². The number of carbonyl (C=O) groups is 1. The summed E-state index contributed by atoms with van der Waals surface area (Å²) in [5.74, 6) is 0.216. The van der Waals surface area contributed by atoms with E-state index < -0.39 is 5.91 Å². The standard InChI is InChI=1S/C14H21N3O/c1-9(10-5-2-3-6-10)17-13-11(14(16)18)7-4-8-12(13)15/h4,7-10,17H,2-3,5-6,15H2,1H3,(H2,16,18). The zero-order valence-electron chi connectivity index (χ0n) is 10.8. The van der Waals surface area contributed by atoms with Crippen LogP contribution >= 0.6 is 0 Å². The highest BCUT2D eigenvalue weighted by Crippen LogP contribution is 2.31. The van der Waals surface area contributed by atoms with E-state index in [1.54, 1.807) is 18.2 Å². The molecule has 1 atom stereocenters. The van der Waals surface area contributed by atoms with E-state index >= 15 is 0 Å². The van der Waals surface area contributed by atoms with Gasteiger partial charge in [0.2, 0.25) is 0 Å². The van der Waals surface area contributed by atoms with Crippen LogP contribution in [0.2, 0.25) is 0 Å². The lowest BCUT2D eigenvalue weighted by Crippen LogP contribution is -2.26. The molecule has 0 spiro atoms. The molecule has 1 unspecified atom stereocenters. The summed E-state index contributed by atoms with van der Waals surface area (Å²) in [6.07, 6.45) is 5.08. The maximum atomic E-state index is 11.4. The molecular formula is C14H21N3O. The highest BCUT2D eigenvalue weighted by atomic mass is 16.1. The average molecular weight is 247 g/mol. The molecule has 1 aliphatic carbocycles. The van der Waals surface area contributed by atoms with Crippen molar-refractivity contribution in [2.75, 3.05) is 11.1 Å². The molecule has 0 saturated heterocycles. The minimum Gasteiger partial charge on any atom is -0.397 e. The maximum Gasteiger partial charge on any atom is 0.250 e. The lowest BCUT2D eigenvalue weighted by atomic mass is 9.98. The van der Waals surface area contributed by atoms with Crippen molar-refractivity contribution in [3.8, 4) is 0 Å². The molecular weight excluding hydrogens is 226 g/mol. The second-order valence-corrected chi connectivity index (χ2v) is 5.11.